The van der Waals surface area contributed by atoms with E-state index in [9.17, 15) is 0 Å². The fraction of sp³-hybridized carbons (Fsp3) is 0.500. The van der Waals surface area contributed by atoms with E-state index < -0.39 is 0 Å². The van der Waals surface area contributed by atoms with Crippen molar-refractivity contribution in [3.8, 4) is 0 Å². The Morgan fingerprint density at radius 1 is 1.38 bits per heavy atom. The molecule has 0 rings (SSSR count). The number of nitrogens with two attached hydrogens (primary N) is 1. The normalized spacial score (nSPS) is 15.7. The van der Waals surface area contributed by atoms with Gasteiger partial charge in [-0.15, -0.1) is 6.58 Å². The summed E-state index contributed by atoms with van der Waals surface area (Å²) in [6.07, 6.45) is 7.17. The number of hydrogen-bond acceptors (Lipinski definition) is 1. The maximum Gasteiger partial charge on any atom is -0.00141 e. The molecule has 2 N–H and O–H groups in total. The average Bonchev–Trinajstić information content (AvgIpc) is 2.13. The van der Waals surface area contributed by atoms with Crippen LogP contribution in [0.5, 0.6) is 0 Å². The van der Waals surface area contributed by atoms with E-state index in [4.69, 9.17) is 5.73 Å². The standard InChI is InChI=1S/C12H21N/c1-5-6-10(2)7-8-11(3)12(4)9-13/h5,7-8,12H,1,6,9,13H2,2-4H3/b10-7+,11-8+. The highest BCUT2D eigenvalue weighted by Crippen LogP contribution is 2.09. The van der Waals surface area contributed by atoms with Gasteiger partial charge in [0.25, 0.3) is 0 Å². The molecule has 0 radical (unpaired) electrons. The van der Waals surface area contributed by atoms with Gasteiger partial charge >= 0.3 is 0 Å². The van der Waals surface area contributed by atoms with E-state index >= 15 is 0 Å². The molecule has 1 atom stereocenters. The zero-order valence-electron chi connectivity index (χ0n) is 9.01. The van der Waals surface area contributed by atoms with Crippen molar-refractivity contribution < 1.29 is 0 Å². The van der Waals surface area contributed by atoms with Crippen molar-refractivity contribution in [2.75, 3.05) is 6.54 Å². The lowest BCUT2D eigenvalue weighted by molar-refractivity contribution is 0.694. The van der Waals surface area contributed by atoms with Crippen molar-refractivity contribution in [2.45, 2.75) is 27.2 Å². The van der Waals surface area contributed by atoms with E-state index in [0.717, 1.165) is 13.0 Å². The molecule has 0 aliphatic rings. The quantitative estimate of drug-likeness (QED) is 0.509. The van der Waals surface area contributed by atoms with E-state index in [0.29, 0.717) is 5.92 Å². The van der Waals surface area contributed by atoms with Crippen LogP contribution in [0, 0.1) is 5.92 Å². The van der Waals surface area contributed by atoms with Gasteiger partial charge in [-0.3, -0.25) is 0 Å². The second-order valence-corrected chi connectivity index (χ2v) is 3.55. The summed E-state index contributed by atoms with van der Waals surface area (Å²) < 4.78 is 0. The minimum Gasteiger partial charge on any atom is -0.330 e. The topological polar surface area (TPSA) is 26.0 Å². The highest BCUT2D eigenvalue weighted by atomic mass is 14.5. The van der Waals surface area contributed by atoms with Crippen molar-refractivity contribution in [3.63, 3.8) is 0 Å². The highest BCUT2D eigenvalue weighted by Gasteiger charge is 1.98. The lowest BCUT2D eigenvalue weighted by Crippen LogP contribution is -2.11. The van der Waals surface area contributed by atoms with Crippen LogP contribution in [-0.4, -0.2) is 6.54 Å². The molecule has 0 saturated carbocycles. The van der Waals surface area contributed by atoms with Crippen LogP contribution in [0.25, 0.3) is 0 Å². The Kier molecular flexibility index (Phi) is 6.25. The van der Waals surface area contributed by atoms with Crippen molar-refractivity contribution in [3.05, 3.63) is 36.0 Å². The predicted octanol–water partition coefficient (Wildman–Crippen LogP) is 3.05. The van der Waals surface area contributed by atoms with Crippen molar-refractivity contribution in [2.24, 2.45) is 11.7 Å². The fourth-order valence-electron chi connectivity index (χ4n) is 0.920. The van der Waals surface area contributed by atoms with E-state index in [1.54, 1.807) is 0 Å². The molecule has 0 spiro atoms. The molecule has 0 saturated heterocycles. The van der Waals surface area contributed by atoms with Gasteiger partial charge in [0.1, 0.15) is 0 Å². The van der Waals surface area contributed by atoms with Gasteiger partial charge in [0, 0.05) is 0 Å². The van der Waals surface area contributed by atoms with E-state index in [-0.39, 0.29) is 0 Å². The van der Waals surface area contributed by atoms with Gasteiger partial charge < -0.3 is 5.73 Å². The highest BCUT2D eigenvalue weighted by molar-refractivity contribution is 5.18. The molecule has 1 unspecified atom stereocenters. The summed E-state index contributed by atoms with van der Waals surface area (Å²) in [7, 11) is 0. The van der Waals surface area contributed by atoms with Crippen LogP contribution >= 0.6 is 0 Å². The van der Waals surface area contributed by atoms with E-state index in [1.807, 2.05) is 6.08 Å². The first-order valence-corrected chi connectivity index (χ1v) is 4.76. The number of allylic oxidation sites excluding steroid dienone is 4. The van der Waals surface area contributed by atoms with Gasteiger partial charge in [0.15, 0.2) is 0 Å². The molecule has 0 aliphatic carbocycles. The van der Waals surface area contributed by atoms with Crippen LogP contribution in [0.3, 0.4) is 0 Å². The lowest BCUT2D eigenvalue weighted by atomic mass is 10.0. The third-order valence-corrected chi connectivity index (χ3v) is 2.23. The Morgan fingerprint density at radius 3 is 2.46 bits per heavy atom. The zero-order chi connectivity index (χ0) is 10.3. The van der Waals surface area contributed by atoms with Crippen molar-refractivity contribution in [1.82, 2.24) is 0 Å². The molecular formula is C12H21N. The minimum atomic E-state index is 0.479. The summed E-state index contributed by atoms with van der Waals surface area (Å²) in [4.78, 5) is 0. The zero-order valence-corrected chi connectivity index (χ0v) is 9.01. The summed E-state index contributed by atoms with van der Waals surface area (Å²) in [5.74, 6) is 0.479. The molecule has 0 fully saturated rings. The largest absolute Gasteiger partial charge is 0.330 e. The molecule has 0 amide bonds. The second kappa shape index (κ2) is 6.67. The minimum absolute atomic E-state index is 0.479. The first kappa shape index (κ1) is 12.2. The molecular weight excluding hydrogens is 158 g/mol. The molecule has 1 heteroatoms. The average molecular weight is 179 g/mol. The maximum atomic E-state index is 5.56. The maximum absolute atomic E-state index is 5.56. The molecule has 0 aromatic rings. The molecule has 74 valence electrons. The van der Waals surface area contributed by atoms with Crippen LogP contribution in [0.2, 0.25) is 0 Å². The summed E-state index contributed by atoms with van der Waals surface area (Å²) in [5, 5.41) is 0. The number of hydrogen-bond donors (Lipinski definition) is 1. The molecule has 0 aromatic carbocycles. The molecule has 0 bridgehead atoms. The first-order valence-electron chi connectivity index (χ1n) is 4.76. The fourth-order valence-corrected chi connectivity index (χ4v) is 0.920. The third kappa shape index (κ3) is 5.42. The smallest absolute Gasteiger partial charge is 0.00141 e. The molecule has 0 heterocycles. The second-order valence-electron chi connectivity index (χ2n) is 3.55. The predicted molar refractivity (Wildman–Crippen MR) is 60.5 cm³/mol. The third-order valence-electron chi connectivity index (χ3n) is 2.23. The Balaban J connectivity index is 4.22. The van der Waals surface area contributed by atoms with Crippen LogP contribution < -0.4 is 5.73 Å². The van der Waals surface area contributed by atoms with Gasteiger partial charge in [-0.2, -0.15) is 0 Å². The summed E-state index contributed by atoms with van der Waals surface area (Å²) in [5.41, 5.74) is 8.23. The van der Waals surface area contributed by atoms with Gasteiger partial charge in [0.2, 0.25) is 0 Å². The Bertz CT molecular complexity index is 211. The summed E-state index contributed by atoms with van der Waals surface area (Å²) in [6.45, 7) is 10.8. The van der Waals surface area contributed by atoms with Gasteiger partial charge in [-0.1, -0.05) is 36.3 Å². The van der Waals surface area contributed by atoms with Crippen molar-refractivity contribution >= 4 is 0 Å². The SMILES string of the molecule is C=CC/C(C)=C/C=C(\C)C(C)CN. The first-order chi connectivity index (χ1) is 6.11. The monoisotopic (exact) mass is 179 g/mol. The van der Waals surface area contributed by atoms with Crippen LogP contribution in [0.4, 0.5) is 0 Å². The van der Waals surface area contributed by atoms with E-state index in [2.05, 4.69) is 39.5 Å². The van der Waals surface area contributed by atoms with Gasteiger partial charge in [-0.05, 0) is 32.7 Å². The Hall–Kier alpha value is -0.820. The number of rotatable bonds is 5. The lowest BCUT2D eigenvalue weighted by Gasteiger charge is -2.07. The van der Waals surface area contributed by atoms with E-state index in [1.165, 1.54) is 11.1 Å². The van der Waals surface area contributed by atoms with Crippen LogP contribution in [0.1, 0.15) is 27.2 Å². The summed E-state index contributed by atoms with van der Waals surface area (Å²) >= 11 is 0. The van der Waals surface area contributed by atoms with Gasteiger partial charge in [-0.25, -0.2) is 0 Å². The molecule has 1 nitrogen and oxygen atoms in total. The Morgan fingerprint density at radius 2 is 2.00 bits per heavy atom. The molecule has 0 aromatic heterocycles. The van der Waals surface area contributed by atoms with Crippen molar-refractivity contribution in [1.29, 1.82) is 0 Å². The summed E-state index contributed by atoms with van der Waals surface area (Å²) in [6, 6.07) is 0. The van der Waals surface area contributed by atoms with Crippen LogP contribution in [-0.2, 0) is 0 Å². The molecule has 0 aliphatic heterocycles. The van der Waals surface area contributed by atoms with Crippen LogP contribution in [0.15, 0.2) is 36.0 Å². The Labute approximate surface area is 82.0 Å². The molecule has 13 heavy (non-hydrogen) atoms. The van der Waals surface area contributed by atoms with Gasteiger partial charge in [0.05, 0.1) is 0 Å².